The summed E-state index contributed by atoms with van der Waals surface area (Å²) >= 11 is 5.04. The molecule has 2 rings (SSSR count). The molecule has 2 N–H and O–H groups in total. The van der Waals surface area contributed by atoms with E-state index in [4.69, 9.17) is 22.7 Å². The molecule has 0 saturated carbocycles. The highest BCUT2D eigenvalue weighted by Gasteiger charge is 2.21. The highest BCUT2D eigenvalue weighted by molar-refractivity contribution is 7.80. The van der Waals surface area contributed by atoms with Crippen LogP contribution in [0.5, 0.6) is 5.75 Å². The molecule has 1 aromatic carbocycles. The lowest BCUT2D eigenvalue weighted by Crippen LogP contribution is -2.44. The van der Waals surface area contributed by atoms with Gasteiger partial charge in [-0.3, -0.25) is 4.90 Å². The maximum Gasteiger partial charge on any atom is 0.129 e. The van der Waals surface area contributed by atoms with Gasteiger partial charge in [0.2, 0.25) is 0 Å². The highest BCUT2D eigenvalue weighted by Crippen LogP contribution is 2.22. The number of rotatable bonds is 5. The third kappa shape index (κ3) is 4.15. The van der Waals surface area contributed by atoms with Gasteiger partial charge in [-0.15, -0.1) is 0 Å². The number of piperidine rings is 1. The van der Waals surface area contributed by atoms with E-state index in [0.717, 1.165) is 24.4 Å². The minimum atomic E-state index is 0.376. The van der Waals surface area contributed by atoms with Crippen molar-refractivity contribution in [2.75, 3.05) is 34.3 Å². The summed E-state index contributed by atoms with van der Waals surface area (Å²) in [5.41, 5.74) is 7.74. The summed E-state index contributed by atoms with van der Waals surface area (Å²) in [5.74, 6) is 0.758. The van der Waals surface area contributed by atoms with Crippen LogP contribution in [-0.4, -0.2) is 55.1 Å². The number of likely N-dealkylation sites (N-methyl/N-ethyl adjacent to an activating group) is 2. The van der Waals surface area contributed by atoms with Gasteiger partial charge in [-0.05, 0) is 51.2 Å². The second-order valence-electron chi connectivity index (χ2n) is 5.87. The van der Waals surface area contributed by atoms with E-state index in [-0.39, 0.29) is 0 Å². The van der Waals surface area contributed by atoms with E-state index < -0.39 is 0 Å². The molecule has 21 heavy (non-hydrogen) atoms. The van der Waals surface area contributed by atoms with Gasteiger partial charge in [-0.1, -0.05) is 18.3 Å². The number of thiocarbonyl (C=S) groups is 1. The fourth-order valence-corrected chi connectivity index (χ4v) is 3.12. The Balaban J connectivity index is 2.06. The number of benzene rings is 1. The Kier molecular flexibility index (Phi) is 5.56. The summed E-state index contributed by atoms with van der Waals surface area (Å²) in [6, 6.07) is 6.69. The third-order valence-electron chi connectivity index (χ3n) is 4.19. The van der Waals surface area contributed by atoms with Gasteiger partial charge >= 0.3 is 0 Å². The van der Waals surface area contributed by atoms with Crippen molar-refractivity contribution in [3.63, 3.8) is 0 Å². The molecule has 1 aromatic rings. The van der Waals surface area contributed by atoms with Crippen molar-refractivity contribution in [2.45, 2.75) is 25.4 Å². The third-order valence-corrected chi connectivity index (χ3v) is 4.41. The number of hydrogen-bond acceptors (Lipinski definition) is 4. The molecular weight excluding hydrogens is 282 g/mol. The summed E-state index contributed by atoms with van der Waals surface area (Å²) in [4.78, 5) is 5.20. The Hall–Kier alpha value is -1.17. The van der Waals surface area contributed by atoms with E-state index in [2.05, 4.69) is 30.0 Å². The zero-order valence-corrected chi connectivity index (χ0v) is 13.9. The molecule has 1 fully saturated rings. The number of ether oxygens (including phenoxy) is 1. The zero-order chi connectivity index (χ0) is 15.4. The average molecular weight is 307 g/mol. The van der Waals surface area contributed by atoms with Crippen LogP contribution in [0.4, 0.5) is 0 Å². The van der Waals surface area contributed by atoms with Crippen LogP contribution in [0, 0.1) is 0 Å². The molecule has 5 heteroatoms. The van der Waals surface area contributed by atoms with Gasteiger partial charge in [-0.2, -0.15) is 0 Å². The summed E-state index contributed by atoms with van der Waals surface area (Å²) in [6.45, 7) is 3.26. The van der Waals surface area contributed by atoms with Crippen LogP contribution in [0.2, 0.25) is 0 Å². The smallest absolute Gasteiger partial charge is 0.129 e. The van der Waals surface area contributed by atoms with Crippen molar-refractivity contribution in [1.29, 1.82) is 0 Å². The fraction of sp³-hybridized carbons (Fsp3) is 0.562. The SMILES string of the molecule is COc1cc(CN(C)C2CCCN(C)C2)ccc1C(N)=S. The van der Waals surface area contributed by atoms with Crippen LogP contribution in [-0.2, 0) is 6.54 Å². The molecule has 1 atom stereocenters. The normalized spacial score (nSPS) is 19.7. The molecule has 0 spiro atoms. The summed E-state index contributed by atoms with van der Waals surface area (Å²) < 4.78 is 5.40. The number of nitrogens with zero attached hydrogens (tertiary/aromatic N) is 2. The molecule has 1 heterocycles. The Bertz CT molecular complexity index is 506. The van der Waals surface area contributed by atoms with Crippen molar-refractivity contribution in [3.05, 3.63) is 29.3 Å². The van der Waals surface area contributed by atoms with E-state index in [9.17, 15) is 0 Å². The Labute approximate surface area is 132 Å². The van der Waals surface area contributed by atoms with Gasteiger partial charge in [0.05, 0.1) is 12.7 Å². The van der Waals surface area contributed by atoms with Crippen LogP contribution in [0.25, 0.3) is 0 Å². The van der Waals surface area contributed by atoms with Gasteiger partial charge in [0, 0.05) is 19.1 Å². The van der Waals surface area contributed by atoms with Gasteiger partial charge in [-0.25, -0.2) is 0 Å². The first-order chi connectivity index (χ1) is 10.0. The maximum absolute atomic E-state index is 5.71. The van der Waals surface area contributed by atoms with Gasteiger partial charge in [0.1, 0.15) is 10.7 Å². The lowest BCUT2D eigenvalue weighted by molar-refractivity contribution is 0.129. The van der Waals surface area contributed by atoms with E-state index in [1.807, 2.05) is 12.1 Å². The van der Waals surface area contributed by atoms with Crippen LogP contribution < -0.4 is 10.5 Å². The van der Waals surface area contributed by atoms with E-state index in [1.54, 1.807) is 7.11 Å². The molecule has 1 saturated heterocycles. The molecule has 116 valence electrons. The standard InChI is InChI=1S/C16H25N3OS/c1-18-8-4-5-13(11-18)19(2)10-12-6-7-14(16(17)21)15(9-12)20-3/h6-7,9,13H,4-5,8,10-11H2,1-3H3,(H2,17,21). The summed E-state index contributed by atoms with van der Waals surface area (Å²) in [6.07, 6.45) is 2.54. The first kappa shape index (κ1) is 16.2. The number of hydrogen-bond donors (Lipinski definition) is 1. The number of methoxy groups -OCH3 is 1. The van der Waals surface area contributed by atoms with Gasteiger partial charge in [0.15, 0.2) is 0 Å². The largest absolute Gasteiger partial charge is 0.496 e. The molecule has 4 nitrogen and oxygen atoms in total. The Morgan fingerprint density at radius 2 is 2.29 bits per heavy atom. The zero-order valence-electron chi connectivity index (χ0n) is 13.1. The van der Waals surface area contributed by atoms with E-state index in [0.29, 0.717) is 11.0 Å². The number of nitrogens with two attached hydrogens (primary N) is 1. The van der Waals surface area contributed by atoms with Crippen LogP contribution in [0.3, 0.4) is 0 Å². The first-order valence-electron chi connectivity index (χ1n) is 7.36. The van der Waals surface area contributed by atoms with Gasteiger partial charge < -0.3 is 15.4 Å². The fourth-order valence-electron chi connectivity index (χ4n) is 2.95. The average Bonchev–Trinajstić information content (AvgIpc) is 2.46. The second-order valence-corrected chi connectivity index (χ2v) is 6.31. The topological polar surface area (TPSA) is 41.7 Å². The predicted molar refractivity (Wildman–Crippen MR) is 90.9 cm³/mol. The maximum atomic E-state index is 5.71. The quantitative estimate of drug-likeness (QED) is 0.841. The minimum absolute atomic E-state index is 0.376. The monoisotopic (exact) mass is 307 g/mol. The van der Waals surface area contributed by atoms with E-state index in [1.165, 1.54) is 24.9 Å². The van der Waals surface area contributed by atoms with Crippen molar-refractivity contribution in [1.82, 2.24) is 9.80 Å². The van der Waals surface area contributed by atoms with Crippen molar-refractivity contribution in [3.8, 4) is 5.75 Å². The lowest BCUT2D eigenvalue weighted by atomic mass is 10.0. The summed E-state index contributed by atoms with van der Waals surface area (Å²) in [7, 11) is 6.04. The molecular formula is C16H25N3OS. The first-order valence-corrected chi connectivity index (χ1v) is 7.77. The van der Waals surface area contributed by atoms with Gasteiger partial charge in [0.25, 0.3) is 0 Å². The Morgan fingerprint density at radius 1 is 1.52 bits per heavy atom. The molecule has 0 bridgehead atoms. The van der Waals surface area contributed by atoms with Crippen molar-refractivity contribution < 1.29 is 4.74 Å². The van der Waals surface area contributed by atoms with Crippen LogP contribution in [0.1, 0.15) is 24.0 Å². The second kappa shape index (κ2) is 7.20. The summed E-state index contributed by atoms with van der Waals surface area (Å²) in [5, 5.41) is 0. The molecule has 1 unspecified atom stereocenters. The van der Waals surface area contributed by atoms with Crippen molar-refractivity contribution >= 4 is 17.2 Å². The predicted octanol–water partition coefficient (Wildman–Crippen LogP) is 1.86. The van der Waals surface area contributed by atoms with Crippen LogP contribution in [0.15, 0.2) is 18.2 Å². The molecule has 0 amide bonds. The number of likely N-dealkylation sites (tertiary alicyclic amines) is 1. The molecule has 0 aliphatic carbocycles. The molecule has 1 aliphatic heterocycles. The van der Waals surface area contributed by atoms with E-state index >= 15 is 0 Å². The molecule has 1 aliphatic rings. The molecule has 0 radical (unpaired) electrons. The Morgan fingerprint density at radius 3 is 2.90 bits per heavy atom. The highest BCUT2D eigenvalue weighted by atomic mass is 32.1. The van der Waals surface area contributed by atoms with Crippen molar-refractivity contribution in [2.24, 2.45) is 5.73 Å². The molecule has 0 aromatic heterocycles. The van der Waals surface area contributed by atoms with Crippen LogP contribution >= 0.6 is 12.2 Å². The lowest BCUT2D eigenvalue weighted by Gasteiger charge is -2.36. The minimum Gasteiger partial charge on any atom is -0.496 e.